The van der Waals surface area contributed by atoms with Crippen LogP contribution in [0, 0.1) is 0 Å². The molecule has 0 nitrogen and oxygen atoms in total. The predicted molar refractivity (Wildman–Crippen MR) is 61.7 cm³/mol. The molecule has 6 heteroatoms. The van der Waals surface area contributed by atoms with Crippen molar-refractivity contribution >= 4 is 3.71 Å². The fourth-order valence-corrected chi connectivity index (χ4v) is 10.8. The molecule has 19 heavy (non-hydrogen) atoms. The Morgan fingerprint density at radius 2 is 1.42 bits per heavy atom. The molecule has 0 saturated heterocycles. The van der Waals surface area contributed by atoms with Crippen LogP contribution >= 0.6 is 0 Å². The van der Waals surface area contributed by atoms with Crippen molar-refractivity contribution in [3.63, 3.8) is 0 Å². The van der Waals surface area contributed by atoms with Crippen LogP contribution in [0.5, 0.6) is 0 Å². The van der Waals surface area contributed by atoms with Crippen LogP contribution in [0.15, 0.2) is 43.0 Å². The van der Waals surface area contributed by atoms with Crippen molar-refractivity contribution in [2.24, 2.45) is 0 Å². The minimum Gasteiger partial charge on any atom is -1.00 e. The number of hydrogen-bond donors (Lipinski definition) is 0. The van der Waals surface area contributed by atoms with Gasteiger partial charge < -0.3 is 24.8 Å². The van der Waals surface area contributed by atoms with Crippen LogP contribution in [0.4, 0.5) is 13.2 Å². The van der Waals surface area contributed by atoms with Crippen LogP contribution in [0.2, 0.25) is 4.63 Å². The molecular weight excluding hydrogens is 375 g/mol. The SMILES string of the molecule is [CH3][Zr+2](=[CH]C(F)(F)F)([C]1=CC=CC1)[C]1=CC=CC1.[Cl-].[Cl-]. The molecule has 0 saturated carbocycles. The first-order valence-electron chi connectivity index (χ1n) is 5.58. The van der Waals surface area contributed by atoms with Crippen LogP contribution in [-0.4, -0.2) is 9.89 Å². The van der Waals surface area contributed by atoms with Gasteiger partial charge in [-0.2, -0.15) is 0 Å². The van der Waals surface area contributed by atoms with Gasteiger partial charge in [0.2, 0.25) is 0 Å². The Morgan fingerprint density at radius 3 is 1.68 bits per heavy atom. The van der Waals surface area contributed by atoms with Gasteiger partial charge in [0.05, 0.1) is 0 Å². The quantitative estimate of drug-likeness (QED) is 0.526. The average Bonchev–Trinajstić information content (AvgIpc) is 2.89. The standard InChI is InChI=1S/2C5H5.C2HF3.CH3.2ClH.Zr/c2*1-2-4-5-3-1;1-2(3,4)5;;;;/h2*1-3H,4H2;1H;1H3;2*1H;/q;;;;;;+2/p-2. The Balaban J connectivity index is 0.00000162. The molecule has 2 aliphatic carbocycles. The number of hydrogen-bond acceptors (Lipinski definition) is 0. The molecule has 0 heterocycles. The summed E-state index contributed by atoms with van der Waals surface area (Å²) in [7, 11) is 0. The molecule has 0 amide bonds. The maximum atomic E-state index is 12.8. The number of rotatable bonds is 2. The minimum absolute atomic E-state index is 0. The van der Waals surface area contributed by atoms with Gasteiger partial charge in [0.25, 0.3) is 0 Å². The zero-order valence-electron chi connectivity index (χ0n) is 10.3. The molecule has 0 atom stereocenters. The monoisotopic (exact) mass is 387 g/mol. The first-order chi connectivity index (χ1) is 7.92. The largest absolute Gasteiger partial charge is 1.00 e. The van der Waals surface area contributed by atoms with E-state index in [-0.39, 0.29) is 24.8 Å². The fourth-order valence-electron chi connectivity index (χ4n) is 2.38. The Morgan fingerprint density at radius 1 is 1.00 bits per heavy atom. The Hall–Kier alpha value is 0.0831. The van der Waals surface area contributed by atoms with Crippen LogP contribution in [0.1, 0.15) is 12.8 Å². The van der Waals surface area contributed by atoms with Crippen molar-refractivity contribution in [1.82, 2.24) is 0 Å². The van der Waals surface area contributed by atoms with E-state index in [0.29, 0.717) is 12.8 Å². The van der Waals surface area contributed by atoms with Crippen LogP contribution < -0.4 is 24.8 Å². The van der Waals surface area contributed by atoms with E-state index >= 15 is 0 Å². The Labute approximate surface area is 127 Å². The van der Waals surface area contributed by atoms with Crippen LogP contribution in [0.25, 0.3) is 0 Å². The van der Waals surface area contributed by atoms with Crippen molar-refractivity contribution in [3.8, 4) is 0 Å². The van der Waals surface area contributed by atoms with Crippen molar-refractivity contribution < 1.29 is 57.8 Å². The molecule has 0 unspecified atom stereocenters. The first-order valence-corrected chi connectivity index (χ1v) is 11.9. The topological polar surface area (TPSA) is 0 Å². The van der Waals surface area contributed by atoms with E-state index in [1.54, 1.807) is 0 Å². The minimum atomic E-state index is -4.17. The van der Waals surface area contributed by atoms with E-state index in [9.17, 15) is 13.2 Å². The second-order valence-electron chi connectivity index (χ2n) is 4.54. The van der Waals surface area contributed by atoms with Crippen molar-refractivity contribution in [1.29, 1.82) is 0 Å². The molecule has 2 rings (SSSR count). The van der Waals surface area contributed by atoms with E-state index in [0.717, 1.165) is 10.3 Å². The summed E-state index contributed by atoms with van der Waals surface area (Å²) >= 11 is -3.52. The maximum absolute atomic E-state index is 12.8. The van der Waals surface area contributed by atoms with Gasteiger partial charge in [-0.15, -0.1) is 0 Å². The number of halogens is 5. The third-order valence-electron chi connectivity index (χ3n) is 3.33. The molecular formula is C13H14Cl2F3Zr. The molecule has 0 aromatic rings. The summed E-state index contributed by atoms with van der Waals surface area (Å²) in [6.07, 6.45) is 8.62. The summed E-state index contributed by atoms with van der Waals surface area (Å²) in [6.45, 7) is 0. The van der Waals surface area contributed by atoms with E-state index < -0.39 is 26.0 Å². The van der Waals surface area contributed by atoms with Gasteiger partial charge in [-0.3, -0.25) is 0 Å². The van der Waals surface area contributed by atoms with Gasteiger partial charge in [-0.25, -0.2) is 0 Å². The van der Waals surface area contributed by atoms with Crippen LogP contribution in [-0.2, 0) is 19.8 Å². The molecule has 0 bridgehead atoms. The van der Waals surface area contributed by atoms with Crippen molar-refractivity contribution in [3.05, 3.63) is 43.0 Å². The van der Waals surface area contributed by atoms with E-state index in [2.05, 4.69) is 0 Å². The van der Waals surface area contributed by atoms with Gasteiger partial charge in [-0.05, 0) is 0 Å². The van der Waals surface area contributed by atoms with Crippen molar-refractivity contribution in [2.45, 2.75) is 23.6 Å². The van der Waals surface area contributed by atoms with Crippen LogP contribution in [0.3, 0.4) is 0 Å². The molecule has 2 aliphatic rings. The third kappa shape index (κ3) is 4.54. The van der Waals surface area contributed by atoms with Gasteiger partial charge in [-0.1, -0.05) is 0 Å². The summed E-state index contributed by atoms with van der Waals surface area (Å²) in [5, 5.41) is 0. The third-order valence-corrected chi connectivity index (χ3v) is 13.9. The zero-order chi connectivity index (χ0) is 12.5. The first kappa shape index (κ1) is 19.1. The molecule has 0 fully saturated rings. The van der Waals surface area contributed by atoms with Crippen molar-refractivity contribution in [2.75, 3.05) is 0 Å². The fraction of sp³-hybridized carbons (Fsp3) is 0.308. The second kappa shape index (κ2) is 7.19. The average molecular weight is 389 g/mol. The Kier molecular flexibility index (Phi) is 7.23. The molecule has 105 valence electrons. The summed E-state index contributed by atoms with van der Waals surface area (Å²) in [4.78, 5) is 0. The molecule has 0 aromatic heterocycles. The summed E-state index contributed by atoms with van der Waals surface area (Å²) in [5.74, 6) is 0. The summed E-state index contributed by atoms with van der Waals surface area (Å²) in [5.41, 5.74) is 0. The second-order valence-corrected chi connectivity index (χ2v) is 14.3. The normalized spacial score (nSPS) is 16.6. The summed E-state index contributed by atoms with van der Waals surface area (Å²) in [6, 6.07) is 0. The molecule has 0 aliphatic heterocycles. The zero-order valence-corrected chi connectivity index (χ0v) is 14.3. The van der Waals surface area contributed by atoms with Gasteiger partial charge in [0, 0.05) is 0 Å². The van der Waals surface area contributed by atoms with Gasteiger partial charge in [0.1, 0.15) is 0 Å². The molecule has 0 N–H and O–H groups in total. The maximum Gasteiger partial charge on any atom is -1.00 e. The number of alkyl halides is 3. The van der Waals surface area contributed by atoms with E-state index in [1.807, 2.05) is 41.1 Å². The summed E-state index contributed by atoms with van der Waals surface area (Å²) < 4.78 is 42.9. The number of allylic oxidation sites excluding steroid dienone is 8. The molecule has 0 aromatic carbocycles. The van der Waals surface area contributed by atoms with Gasteiger partial charge in [0.15, 0.2) is 0 Å². The Bertz CT molecular complexity index is 463. The smallest absolute Gasteiger partial charge is 1.00 e. The van der Waals surface area contributed by atoms with E-state index in [4.69, 9.17) is 0 Å². The molecule has 0 radical (unpaired) electrons. The van der Waals surface area contributed by atoms with E-state index in [1.165, 1.54) is 0 Å². The molecule has 0 spiro atoms. The van der Waals surface area contributed by atoms with Gasteiger partial charge >= 0.3 is 103 Å². The predicted octanol–water partition coefficient (Wildman–Crippen LogP) is -1.75.